The van der Waals surface area contributed by atoms with Crippen LogP contribution in [0.4, 0.5) is 0 Å². The van der Waals surface area contributed by atoms with E-state index in [2.05, 4.69) is 5.32 Å². The maximum atomic E-state index is 11.2. The van der Waals surface area contributed by atoms with E-state index in [1.807, 2.05) is 13.8 Å². The van der Waals surface area contributed by atoms with Crippen molar-refractivity contribution in [3.05, 3.63) is 0 Å². The molecule has 0 aromatic heterocycles. The SMILES string of the molecule is CCN(CCCNC(C)CN)S(C)(=O)=O. The van der Waals surface area contributed by atoms with E-state index in [9.17, 15) is 8.42 Å². The summed E-state index contributed by atoms with van der Waals surface area (Å²) in [5.41, 5.74) is 5.44. The third-order valence-electron chi connectivity index (χ3n) is 2.25. The van der Waals surface area contributed by atoms with Crippen molar-refractivity contribution in [3.8, 4) is 0 Å². The maximum Gasteiger partial charge on any atom is 0.211 e. The van der Waals surface area contributed by atoms with Crippen LogP contribution in [-0.2, 0) is 10.0 Å². The molecule has 1 atom stereocenters. The molecule has 0 bridgehead atoms. The first-order valence-corrected chi connectivity index (χ1v) is 7.15. The lowest BCUT2D eigenvalue weighted by atomic mass is 10.3. The van der Waals surface area contributed by atoms with E-state index in [0.717, 1.165) is 13.0 Å². The predicted molar refractivity (Wildman–Crippen MR) is 63.2 cm³/mol. The summed E-state index contributed by atoms with van der Waals surface area (Å²) < 4.78 is 23.9. The molecule has 3 N–H and O–H groups in total. The van der Waals surface area contributed by atoms with Crippen LogP contribution >= 0.6 is 0 Å². The minimum atomic E-state index is -3.04. The second-order valence-corrected chi connectivity index (χ2v) is 5.68. The third-order valence-corrected chi connectivity index (χ3v) is 3.63. The predicted octanol–water partition coefficient (Wildman–Crippen LogP) is -0.405. The van der Waals surface area contributed by atoms with E-state index >= 15 is 0 Å². The third kappa shape index (κ3) is 6.83. The number of hydrogen-bond donors (Lipinski definition) is 2. The van der Waals surface area contributed by atoms with Crippen molar-refractivity contribution < 1.29 is 8.42 Å². The van der Waals surface area contributed by atoms with E-state index in [1.54, 1.807) is 0 Å². The summed E-state index contributed by atoms with van der Waals surface area (Å²) in [5, 5.41) is 3.22. The van der Waals surface area contributed by atoms with Crippen LogP contribution in [0.5, 0.6) is 0 Å². The summed E-state index contributed by atoms with van der Waals surface area (Å²) in [4.78, 5) is 0. The highest BCUT2D eigenvalue weighted by molar-refractivity contribution is 7.88. The van der Waals surface area contributed by atoms with Crippen molar-refractivity contribution in [1.29, 1.82) is 0 Å². The number of nitrogens with zero attached hydrogens (tertiary/aromatic N) is 1. The zero-order valence-electron chi connectivity index (χ0n) is 9.86. The molecule has 5 nitrogen and oxygen atoms in total. The van der Waals surface area contributed by atoms with Gasteiger partial charge in [0.2, 0.25) is 10.0 Å². The second-order valence-electron chi connectivity index (χ2n) is 3.70. The maximum absolute atomic E-state index is 11.2. The van der Waals surface area contributed by atoms with Gasteiger partial charge in [-0.15, -0.1) is 0 Å². The largest absolute Gasteiger partial charge is 0.329 e. The Bertz CT molecular complexity index is 254. The molecule has 0 aliphatic rings. The molecule has 0 amide bonds. The van der Waals surface area contributed by atoms with Gasteiger partial charge in [0.15, 0.2) is 0 Å². The fraction of sp³-hybridized carbons (Fsp3) is 1.00. The molecule has 0 rings (SSSR count). The lowest BCUT2D eigenvalue weighted by molar-refractivity contribution is 0.413. The quantitative estimate of drug-likeness (QED) is 0.563. The van der Waals surface area contributed by atoms with Crippen LogP contribution in [0.3, 0.4) is 0 Å². The van der Waals surface area contributed by atoms with Crippen LogP contribution in [-0.4, -0.2) is 51.2 Å². The molecule has 0 radical (unpaired) electrons. The smallest absolute Gasteiger partial charge is 0.211 e. The van der Waals surface area contributed by atoms with Gasteiger partial charge in [-0.25, -0.2) is 12.7 Å². The van der Waals surface area contributed by atoms with E-state index in [4.69, 9.17) is 5.73 Å². The van der Waals surface area contributed by atoms with Crippen molar-refractivity contribution in [2.24, 2.45) is 5.73 Å². The van der Waals surface area contributed by atoms with Gasteiger partial charge in [-0.3, -0.25) is 0 Å². The first-order valence-electron chi connectivity index (χ1n) is 5.30. The Morgan fingerprint density at radius 3 is 2.47 bits per heavy atom. The Morgan fingerprint density at radius 2 is 2.07 bits per heavy atom. The summed E-state index contributed by atoms with van der Waals surface area (Å²) in [6.45, 7) is 6.35. The molecular formula is C9H23N3O2S. The highest BCUT2D eigenvalue weighted by Crippen LogP contribution is 1.98. The van der Waals surface area contributed by atoms with E-state index in [1.165, 1.54) is 10.6 Å². The lowest BCUT2D eigenvalue weighted by Gasteiger charge is -2.18. The van der Waals surface area contributed by atoms with Gasteiger partial charge in [0.1, 0.15) is 0 Å². The molecule has 0 fully saturated rings. The standard InChI is InChI=1S/C9H23N3O2S/c1-4-12(15(3,13)14)7-5-6-11-9(2)8-10/h9,11H,4-8,10H2,1-3H3. The highest BCUT2D eigenvalue weighted by atomic mass is 32.2. The Balaban J connectivity index is 3.75. The molecule has 0 aromatic carbocycles. The Labute approximate surface area is 93.1 Å². The Kier molecular flexibility index (Phi) is 7.08. The van der Waals surface area contributed by atoms with Crippen LogP contribution in [0.15, 0.2) is 0 Å². The van der Waals surface area contributed by atoms with Crippen LogP contribution in [0.1, 0.15) is 20.3 Å². The number of hydrogen-bond acceptors (Lipinski definition) is 4. The summed E-state index contributed by atoms with van der Waals surface area (Å²) in [7, 11) is -3.04. The fourth-order valence-corrected chi connectivity index (χ4v) is 2.18. The van der Waals surface area contributed by atoms with Crippen molar-refractivity contribution in [2.45, 2.75) is 26.3 Å². The van der Waals surface area contributed by atoms with Crippen LogP contribution < -0.4 is 11.1 Å². The summed E-state index contributed by atoms with van der Waals surface area (Å²) in [6, 6.07) is 0.290. The lowest BCUT2D eigenvalue weighted by Crippen LogP contribution is -2.36. The monoisotopic (exact) mass is 237 g/mol. The zero-order valence-corrected chi connectivity index (χ0v) is 10.7. The van der Waals surface area contributed by atoms with Crippen LogP contribution in [0.25, 0.3) is 0 Å². The summed E-state index contributed by atoms with van der Waals surface area (Å²) in [5.74, 6) is 0. The minimum absolute atomic E-state index is 0.290. The summed E-state index contributed by atoms with van der Waals surface area (Å²) >= 11 is 0. The summed E-state index contributed by atoms with van der Waals surface area (Å²) in [6.07, 6.45) is 2.05. The van der Waals surface area contributed by atoms with Crippen molar-refractivity contribution in [1.82, 2.24) is 9.62 Å². The Hall–Kier alpha value is -0.170. The van der Waals surface area contributed by atoms with Gasteiger partial charge in [0.25, 0.3) is 0 Å². The normalized spacial score (nSPS) is 14.5. The van der Waals surface area contributed by atoms with E-state index in [0.29, 0.717) is 25.7 Å². The van der Waals surface area contributed by atoms with Gasteiger partial charge in [0.05, 0.1) is 6.26 Å². The first-order chi connectivity index (χ1) is 6.91. The zero-order chi connectivity index (χ0) is 11.9. The minimum Gasteiger partial charge on any atom is -0.329 e. The molecule has 92 valence electrons. The van der Waals surface area contributed by atoms with Crippen molar-refractivity contribution in [3.63, 3.8) is 0 Å². The topological polar surface area (TPSA) is 75.4 Å². The van der Waals surface area contributed by atoms with Gasteiger partial charge in [-0.2, -0.15) is 0 Å². The van der Waals surface area contributed by atoms with Gasteiger partial charge >= 0.3 is 0 Å². The van der Waals surface area contributed by atoms with Crippen molar-refractivity contribution in [2.75, 3.05) is 32.4 Å². The molecular weight excluding hydrogens is 214 g/mol. The molecule has 0 spiro atoms. The Morgan fingerprint density at radius 1 is 1.47 bits per heavy atom. The van der Waals surface area contributed by atoms with E-state index in [-0.39, 0.29) is 0 Å². The van der Waals surface area contributed by atoms with E-state index < -0.39 is 10.0 Å². The molecule has 0 aromatic rings. The highest BCUT2D eigenvalue weighted by Gasteiger charge is 2.12. The average Bonchev–Trinajstić information content (AvgIpc) is 2.15. The van der Waals surface area contributed by atoms with Crippen LogP contribution in [0.2, 0.25) is 0 Å². The molecule has 0 aliphatic heterocycles. The number of nitrogens with two attached hydrogens (primary N) is 1. The van der Waals surface area contributed by atoms with Crippen LogP contribution in [0, 0.1) is 0 Å². The van der Waals surface area contributed by atoms with Gasteiger partial charge in [-0.05, 0) is 19.9 Å². The molecule has 0 saturated heterocycles. The fourth-order valence-electron chi connectivity index (χ4n) is 1.25. The van der Waals surface area contributed by atoms with Gasteiger partial charge in [-0.1, -0.05) is 6.92 Å². The number of nitrogens with one attached hydrogen (secondary N) is 1. The molecule has 0 aliphatic carbocycles. The first kappa shape index (κ1) is 14.8. The molecule has 15 heavy (non-hydrogen) atoms. The average molecular weight is 237 g/mol. The molecule has 1 unspecified atom stereocenters. The van der Waals surface area contributed by atoms with Crippen molar-refractivity contribution >= 4 is 10.0 Å². The second kappa shape index (κ2) is 7.16. The van der Waals surface area contributed by atoms with Gasteiger partial charge in [0, 0.05) is 25.7 Å². The molecule has 0 heterocycles. The number of rotatable bonds is 8. The van der Waals surface area contributed by atoms with Gasteiger partial charge < -0.3 is 11.1 Å². The number of sulfonamides is 1. The molecule has 0 saturated carbocycles. The molecule has 6 heteroatoms.